The zero-order valence-corrected chi connectivity index (χ0v) is 26.4. The van der Waals surface area contributed by atoms with Gasteiger partial charge in [-0.1, -0.05) is 77.0 Å². The maximum atomic E-state index is 4.76. The minimum Gasteiger partial charge on any atom is -0.336 e. The number of fused-ring (bicyclic) bond motifs is 6. The van der Waals surface area contributed by atoms with Crippen LogP contribution in [0.25, 0.3) is 0 Å². The zero-order valence-electron chi connectivity index (χ0n) is 22.6. The van der Waals surface area contributed by atoms with Gasteiger partial charge in [-0.05, 0) is 74.6 Å². The number of allylic oxidation sites excluding steroid dienone is 6. The highest BCUT2D eigenvalue weighted by atomic mass is 127. The van der Waals surface area contributed by atoms with Gasteiger partial charge in [0.05, 0.1) is 12.1 Å². The van der Waals surface area contributed by atoms with Gasteiger partial charge < -0.3 is 9.80 Å². The molecule has 4 nitrogen and oxygen atoms in total. The monoisotopic (exact) mass is 674 g/mol. The molecule has 0 spiro atoms. The molecule has 3 saturated carbocycles. The molecule has 7 heteroatoms. The normalized spacial score (nSPS) is 40.0. The van der Waals surface area contributed by atoms with Crippen LogP contribution in [0.15, 0.2) is 102 Å². The lowest BCUT2D eigenvalue weighted by Gasteiger charge is -2.41. The van der Waals surface area contributed by atoms with Crippen LogP contribution in [0.5, 0.6) is 0 Å². The third kappa shape index (κ3) is 3.52. The Morgan fingerprint density at radius 1 is 1.10 bits per heavy atom. The number of hydrogen-bond acceptors (Lipinski definition) is 6. The van der Waals surface area contributed by atoms with Gasteiger partial charge in [0.25, 0.3) is 0 Å². The summed E-state index contributed by atoms with van der Waals surface area (Å²) in [7, 11) is 0. The number of benzene rings is 1. The van der Waals surface area contributed by atoms with E-state index in [0.29, 0.717) is 35.8 Å². The second-order valence-corrected chi connectivity index (χ2v) is 16.1. The van der Waals surface area contributed by atoms with Crippen LogP contribution in [0, 0.1) is 23.7 Å². The van der Waals surface area contributed by atoms with Crippen molar-refractivity contribution in [3.63, 3.8) is 0 Å². The number of anilines is 1. The molecule has 8 atom stereocenters. The van der Waals surface area contributed by atoms with Crippen LogP contribution in [0.2, 0.25) is 0 Å². The van der Waals surface area contributed by atoms with Crippen molar-refractivity contribution < 1.29 is 0 Å². The van der Waals surface area contributed by atoms with E-state index in [-0.39, 0.29) is 9.46 Å². The van der Waals surface area contributed by atoms with Crippen molar-refractivity contribution in [1.82, 2.24) is 4.90 Å². The number of thioether (sulfide) groups is 2. The van der Waals surface area contributed by atoms with E-state index in [1.165, 1.54) is 67.2 Å². The summed E-state index contributed by atoms with van der Waals surface area (Å²) in [5, 5.41) is 0. The molecule has 1 aromatic carbocycles. The molecule has 8 aliphatic rings. The minimum absolute atomic E-state index is 0.138. The average molecular weight is 675 g/mol. The van der Waals surface area contributed by atoms with E-state index < -0.39 is 0 Å². The lowest BCUT2D eigenvalue weighted by atomic mass is 9.89. The molecule has 1 aromatic rings. The highest BCUT2D eigenvalue weighted by Crippen LogP contribution is 2.61. The van der Waals surface area contributed by atoms with E-state index in [0.717, 1.165) is 0 Å². The number of aliphatic imine (C=N–C) groups is 2. The number of hydrogen-bond donors (Lipinski definition) is 0. The van der Waals surface area contributed by atoms with Gasteiger partial charge in [0, 0.05) is 72.4 Å². The highest BCUT2D eigenvalue weighted by molar-refractivity contribution is 14.1. The predicted molar refractivity (Wildman–Crippen MR) is 178 cm³/mol. The van der Waals surface area contributed by atoms with Crippen LogP contribution in [0.3, 0.4) is 0 Å². The van der Waals surface area contributed by atoms with Crippen LogP contribution in [0.1, 0.15) is 38.7 Å². The first-order valence-corrected chi connectivity index (χ1v) is 17.3. The van der Waals surface area contributed by atoms with E-state index in [9.17, 15) is 0 Å². The first-order valence-electron chi connectivity index (χ1n) is 14.4. The Hall–Kier alpha value is -1.97. The smallest absolute Gasteiger partial charge is 0.116 e. The van der Waals surface area contributed by atoms with E-state index in [1.807, 2.05) is 23.5 Å². The standard InChI is InChI=1S/C33H31IN4S2/c1-17-18(2)39-28-15-35-14-20-10-25(20)30(28)37(17)23-6-4-21(5-7-23)33-9-8-24(11-22(33)13-33)38-31-26-12-27(26)36-16-29(31)40-19(3)32(38)34/h4-9,11,14-16,20,22,25-27,30,32H,3,10,12-13H2,1-2H3. The van der Waals surface area contributed by atoms with Crippen molar-refractivity contribution >= 4 is 64.2 Å². The molecule has 4 aliphatic carbocycles. The third-order valence-electron chi connectivity index (χ3n) is 10.2. The van der Waals surface area contributed by atoms with Gasteiger partial charge in [-0.2, -0.15) is 0 Å². The second-order valence-electron chi connectivity index (χ2n) is 12.5. The number of alkyl halides is 1. The maximum Gasteiger partial charge on any atom is 0.116 e. The minimum atomic E-state index is 0.138. The Labute approximate surface area is 258 Å². The third-order valence-corrected chi connectivity index (χ3v) is 14.1. The van der Waals surface area contributed by atoms with Crippen LogP contribution in [-0.2, 0) is 5.41 Å². The number of rotatable bonds is 3. The average Bonchev–Trinajstić information content (AvgIpc) is 3.83. The quantitative estimate of drug-likeness (QED) is 0.184. The van der Waals surface area contributed by atoms with Crippen LogP contribution < -0.4 is 4.90 Å². The molecular formula is C33H31IN4S2. The number of nitrogens with zero attached hydrogens (tertiary/aromatic N) is 4. The summed E-state index contributed by atoms with van der Waals surface area (Å²) in [6.07, 6.45) is 17.5. The molecule has 3 fully saturated rings. The largest absolute Gasteiger partial charge is 0.336 e. The first-order chi connectivity index (χ1) is 19.4. The van der Waals surface area contributed by atoms with E-state index in [2.05, 4.69) is 119 Å². The molecule has 4 aliphatic heterocycles. The van der Waals surface area contributed by atoms with Gasteiger partial charge in [-0.25, -0.2) is 0 Å². The molecule has 0 amide bonds. The summed E-state index contributed by atoms with van der Waals surface area (Å²) in [5.41, 5.74) is 7.11. The molecule has 0 radical (unpaired) electrons. The molecule has 202 valence electrons. The molecule has 8 unspecified atom stereocenters. The molecule has 0 aromatic heterocycles. The second kappa shape index (κ2) is 8.54. The van der Waals surface area contributed by atoms with E-state index in [4.69, 9.17) is 4.99 Å². The van der Waals surface area contributed by atoms with Crippen molar-refractivity contribution in [2.75, 3.05) is 4.90 Å². The molecule has 0 N–H and O–H groups in total. The van der Waals surface area contributed by atoms with Crippen molar-refractivity contribution in [2.24, 2.45) is 33.7 Å². The van der Waals surface area contributed by atoms with E-state index >= 15 is 0 Å². The lowest BCUT2D eigenvalue weighted by molar-refractivity contribution is 0.428. The zero-order chi connectivity index (χ0) is 26.9. The highest BCUT2D eigenvalue weighted by Gasteiger charge is 2.55. The fourth-order valence-corrected chi connectivity index (χ4v) is 10.6. The fourth-order valence-electron chi connectivity index (χ4n) is 7.55. The summed E-state index contributed by atoms with van der Waals surface area (Å²) in [4.78, 5) is 19.9. The van der Waals surface area contributed by atoms with Crippen molar-refractivity contribution in [3.8, 4) is 0 Å². The van der Waals surface area contributed by atoms with E-state index in [1.54, 1.807) is 0 Å². The Bertz CT molecular complexity index is 1600. The van der Waals surface area contributed by atoms with Crippen LogP contribution in [0.4, 0.5) is 5.69 Å². The molecule has 0 bridgehead atoms. The van der Waals surface area contributed by atoms with Crippen molar-refractivity contribution in [1.29, 1.82) is 0 Å². The summed E-state index contributed by atoms with van der Waals surface area (Å²) >= 11 is 6.32. The summed E-state index contributed by atoms with van der Waals surface area (Å²) in [5.74, 6) is 2.44. The SMILES string of the molecule is C=C1SC2=C(C3CC3N=C2)N(C2=CC3CC3(c3ccc(N4C(C)=C(C)SC5=CN=CC6CC6C54)cc3)C=C2)C1I. The lowest BCUT2D eigenvalue weighted by Crippen LogP contribution is -2.39. The Morgan fingerprint density at radius 3 is 2.77 bits per heavy atom. The predicted octanol–water partition coefficient (Wildman–Crippen LogP) is 8.14. The topological polar surface area (TPSA) is 31.2 Å². The molecule has 4 heterocycles. The van der Waals surface area contributed by atoms with Gasteiger partial charge >= 0.3 is 0 Å². The number of dihydropyridines is 1. The molecule has 9 rings (SSSR count). The molecule has 40 heavy (non-hydrogen) atoms. The Balaban J connectivity index is 1.01. The van der Waals surface area contributed by atoms with Crippen molar-refractivity contribution in [3.05, 3.63) is 97.5 Å². The van der Waals surface area contributed by atoms with Crippen LogP contribution in [-0.4, -0.2) is 33.5 Å². The maximum absolute atomic E-state index is 4.76. The van der Waals surface area contributed by atoms with Gasteiger partial charge in [0.1, 0.15) is 4.05 Å². The van der Waals surface area contributed by atoms with Gasteiger partial charge in [-0.3, -0.25) is 9.98 Å². The molecular weight excluding hydrogens is 643 g/mol. The summed E-state index contributed by atoms with van der Waals surface area (Å²) < 4.78 is 0.275. The van der Waals surface area contributed by atoms with Gasteiger partial charge in [-0.15, -0.1) is 0 Å². The molecule has 0 saturated heterocycles. The Morgan fingerprint density at radius 2 is 1.95 bits per heavy atom. The summed E-state index contributed by atoms with van der Waals surface area (Å²) in [6.45, 7) is 8.94. The van der Waals surface area contributed by atoms with Gasteiger partial charge in [0.15, 0.2) is 0 Å². The first kappa shape index (κ1) is 24.6. The van der Waals surface area contributed by atoms with Crippen LogP contribution >= 0.6 is 46.1 Å². The fraction of sp³-hybridized carbons (Fsp3) is 0.394. The van der Waals surface area contributed by atoms with Crippen molar-refractivity contribution in [2.45, 2.75) is 54.7 Å². The Kier molecular flexibility index (Phi) is 5.25. The number of halogens is 1. The summed E-state index contributed by atoms with van der Waals surface area (Å²) in [6, 6.07) is 10.4. The van der Waals surface area contributed by atoms with Gasteiger partial charge in [0.2, 0.25) is 0 Å².